The van der Waals surface area contributed by atoms with Crippen LogP contribution in [0.3, 0.4) is 0 Å². The van der Waals surface area contributed by atoms with Crippen molar-refractivity contribution in [2.75, 3.05) is 0 Å². The Kier molecular flexibility index (Phi) is 0.796. The SMILES string of the molecule is NC1N=CC(=O)N1. The third kappa shape index (κ3) is 0.747. The summed E-state index contributed by atoms with van der Waals surface area (Å²) in [4.78, 5) is 13.6. The molecule has 4 heteroatoms. The molecule has 3 N–H and O–H groups in total. The summed E-state index contributed by atoms with van der Waals surface area (Å²) in [5, 5.41) is 2.33. The van der Waals surface area contributed by atoms with Crippen LogP contribution in [0.4, 0.5) is 0 Å². The van der Waals surface area contributed by atoms with Gasteiger partial charge >= 0.3 is 0 Å². The van der Waals surface area contributed by atoms with Crippen LogP contribution in [-0.2, 0) is 4.79 Å². The summed E-state index contributed by atoms with van der Waals surface area (Å²) in [5.74, 6) is -0.215. The fourth-order valence-corrected chi connectivity index (χ4v) is 0.368. The molecule has 0 saturated heterocycles. The van der Waals surface area contributed by atoms with Gasteiger partial charge in [0.15, 0.2) is 6.29 Å². The fourth-order valence-electron chi connectivity index (χ4n) is 0.368. The number of nitrogens with zero attached hydrogens (tertiary/aromatic N) is 1. The molecule has 0 fully saturated rings. The van der Waals surface area contributed by atoms with Gasteiger partial charge in [0.1, 0.15) is 0 Å². The van der Waals surface area contributed by atoms with Gasteiger partial charge in [-0.15, -0.1) is 0 Å². The van der Waals surface area contributed by atoms with E-state index in [1.807, 2.05) is 0 Å². The first-order valence-corrected chi connectivity index (χ1v) is 1.88. The topological polar surface area (TPSA) is 67.5 Å². The van der Waals surface area contributed by atoms with Crippen molar-refractivity contribution in [3.8, 4) is 0 Å². The lowest BCUT2D eigenvalue weighted by atomic mass is 10.7. The van der Waals surface area contributed by atoms with Gasteiger partial charge in [0.2, 0.25) is 0 Å². The number of aliphatic imine (C=N–C) groups is 1. The van der Waals surface area contributed by atoms with Crippen molar-refractivity contribution in [1.82, 2.24) is 5.32 Å². The maximum Gasteiger partial charge on any atom is 0.264 e. The molecule has 1 aliphatic rings. The van der Waals surface area contributed by atoms with Crippen LogP contribution < -0.4 is 11.1 Å². The molecule has 0 radical (unpaired) electrons. The molecule has 0 aromatic carbocycles. The van der Waals surface area contributed by atoms with Crippen molar-refractivity contribution < 1.29 is 4.79 Å². The molecule has 0 aromatic rings. The van der Waals surface area contributed by atoms with Crippen LogP contribution >= 0.6 is 0 Å². The zero-order valence-electron chi connectivity index (χ0n) is 3.59. The number of amides is 1. The molecule has 1 atom stereocenters. The summed E-state index contributed by atoms with van der Waals surface area (Å²) in [6, 6.07) is 0. The summed E-state index contributed by atoms with van der Waals surface area (Å²) in [6.07, 6.45) is 0.664. The highest BCUT2D eigenvalue weighted by atomic mass is 16.2. The van der Waals surface area contributed by atoms with E-state index in [0.717, 1.165) is 0 Å². The molecule has 0 saturated carbocycles. The molecule has 1 rings (SSSR count). The second kappa shape index (κ2) is 1.31. The zero-order chi connectivity index (χ0) is 5.28. The van der Waals surface area contributed by atoms with Crippen LogP contribution in [0.5, 0.6) is 0 Å². The first kappa shape index (κ1) is 4.26. The standard InChI is InChI=1S/C3H5N3O/c4-3-5-1-2(7)6-3/h1,3H,4H2,(H,6,7). The maximum atomic E-state index is 10.1. The van der Waals surface area contributed by atoms with Gasteiger partial charge in [-0.05, 0) is 0 Å². The summed E-state index contributed by atoms with van der Waals surface area (Å²) in [6.45, 7) is 0. The van der Waals surface area contributed by atoms with Crippen LogP contribution in [0.25, 0.3) is 0 Å². The molecule has 0 spiro atoms. The molecule has 38 valence electrons. The van der Waals surface area contributed by atoms with E-state index in [2.05, 4.69) is 10.3 Å². The van der Waals surface area contributed by atoms with E-state index >= 15 is 0 Å². The number of carbonyl (C=O) groups is 1. The Morgan fingerprint density at radius 1 is 2.00 bits per heavy atom. The van der Waals surface area contributed by atoms with E-state index in [-0.39, 0.29) is 5.91 Å². The summed E-state index contributed by atoms with van der Waals surface area (Å²) in [7, 11) is 0. The van der Waals surface area contributed by atoms with Gasteiger partial charge in [0, 0.05) is 0 Å². The highest BCUT2D eigenvalue weighted by Gasteiger charge is 2.07. The number of rotatable bonds is 0. The van der Waals surface area contributed by atoms with Crippen molar-refractivity contribution in [3.63, 3.8) is 0 Å². The maximum absolute atomic E-state index is 10.1. The summed E-state index contributed by atoms with van der Waals surface area (Å²) < 4.78 is 0. The van der Waals surface area contributed by atoms with E-state index in [0.29, 0.717) is 0 Å². The number of hydrogen-bond acceptors (Lipinski definition) is 3. The Bertz CT molecular complexity index is 119. The third-order valence-electron chi connectivity index (χ3n) is 0.643. The highest BCUT2D eigenvalue weighted by Crippen LogP contribution is 1.79. The van der Waals surface area contributed by atoms with Gasteiger partial charge in [-0.3, -0.25) is 10.5 Å². The lowest BCUT2D eigenvalue weighted by Crippen LogP contribution is -2.34. The monoisotopic (exact) mass is 99.0 g/mol. The van der Waals surface area contributed by atoms with E-state index in [9.17, 15) is 4.79 Å². The minimum absolute atomic E-state index is 0.215. The predicted molar refractivity (Wildman–Crippen MR) is 24.6 cm³/mol. The molecule has 7 heavy (non-hydrogen) atoms. The molecule has 0 bridgehead atoms. The lowest BCUT2D eigenvalue weighted by Gasteiger charge is -1.94. The Morgan fingerprint density at radius 2 is 2.71 bits per heavy atom. The average molecular weight is 99.1 g/mol. The van der Waals surface area contributed by atoms with Gasteiger partial charge in [-0.25, -0.2) is 4.99 Å². The lowest BCUT2D eigenvalue weighted by molar-refractivity contribution is -0.114. The van der Waals surface area contributed by atoms with Gasteiger partial charge in [-0.2, -0.15) is 0 Å². The minimum Gasteiger partial charge on any atom is -0.317 e. The predicted octanol–water partition coefficient (Wildman–Crippen LogP) is -1.57. The van der Waals surface area contributed by atoms with E-state index in [4.69, 9.17) is 5.73 Å². The van der Waals surface area contributed by atoms with Crippen LogP contribution in [0.2, 0.25) is 0 Å². The van der Waals surface area contributed by atoms with E-state index in [1.54, 1.807) is 0 Å². The van der Waals surface area contributed by atoms with Crippen LogP contribution in [0.15, 0.2) is 4.99 Å². The Morgan fingerprint density at radius 3 is 2.86 bits per heavy atom. The molecule has 1 aliphatic heterocycles. The van der Waals surface area contributed by atoms with E-state index in [1.165, 1.54) is 6.21 Å². The molecule has 1 amide bonds. The van der Waals surface area contributed by atoms with Crippen molar-refractivity contribution in [1.29, 1.82) is 0 Å². The molecular weight excluding hydrogens is 94.1 g/mol. The minimum atomic E-state index is -0.507. The molecule has 1 heterocycles. The second-order valence-corrected chi connectivity index (χ2v) is 1.23. The van der Waals surface area contributed by atoms with Crippen molar-refractivity contribution in [3.05, 3.63) is 0 Å². The Hall–Kier alpha value is -0.900. The Balaban J connectivity index is 2.58. The number of nitrogens with two attached hydrogens (primary N) is 1. The number of carbonyl (C=O) groups excluding carboxylic acids is 1. The first-order chi connectivity index (χ1) is 3.29. The smallest absolute Gasteiger partial charge is 0.264 e. The average Bonchev–Trinajstić information content (AvgIpc) is 1.87. The highest BCUT2D eigenvalue weighted by molar-refractivity contribution is 6.27. The van der Waals surface area contributed by atoms with Crippen LogP contribution in [-0.4, -0.2) is 18.4 Å². The molecule has 0 aliphatic carbocycles. The second-order valence-electron chi connectivity index (χ2n) is 1.23. The van der Waals surface area contributed by atoms with Gasteiger partial charge in [-0.1, -0.05) is 0 Å². The number of nitrogens with one attached hydrogen (secondary N) is 1. The molecular formula is C3H5N3O. The molecule has 4 nitrogen and oxygen atoms in total. The van der Waals surface area contributed by atoms with Crippen molar-refractivity contribution in [2.24, 2.45) is 10.7 Å². The number of hydrogen-bond donors (Lipinski definition) is 2. The fraction of sp³-hybridized carbons (Fsp3) is 0.333. The third-order valence-corrected chi connectivity index (χ3v) is 0.643. The normalized spacial score (nSPS) is 28.1. The van der Waals surface area contributed by atoms with Gasteiger partial charge in [0.25, 0.3) is 5.91 Å². The first-order valence-electron chi connectivity index (χ1n) is 1.88. The largest absolute Gasteiger partial charge is 0.317 e. The van der Waals surface area contributed by atoms with E-state index < -0.39 is 6.29 Å². The summed E-state index contributed by atoms with van der Waals surface area (Å²) >= 11 is 0. The van der Waals surface area contributed by atoms with Crippen LogP contribution in [0, 0.1) is 0 Å². The molecule has 0 aromatic heterocycles. The van der Waals surface area contributed by atoms with Crippen molar-refractivity contribution >= 4 is 12.1 Å². The van der Waals surface area contributed by atoms with Crippen LogP contribution in [0.1, 0.15) is 0 Å². The zero-order valence-corrected chi connectivity index (χ0v) is 3.59. The quantitative estimate of drug-likeness (QED) is 0.385. The molecule has 1 unspecified atom stereocenters. The van der Waals surface area contributed by atoms with Crippen molar-refractivity contribution in [2.45, 2.75) is 6.29 Å². The summed E-state index contributed by atoms with van der Waals surface area (Å²) in [5.41, 5.74) is 5.10. The van der Waals surface area contributed by atoms with Gasteiger partial charge < -0.3 is 5.32 Å². The Labute approximate surface area is 40.4 Å². The van der Waals surface area contributed by atoms with Gasteiger partial charge in [0.05, 0.1) is 6.21 Å².